The van der Waals surface area contributed by atoms with E-state index in [0.29, 0.717) is 12.4 Å². The van der Waals surface area contributed by atoms with Gasteiger partial charge in [-0.1, -0.05) is 6.92 Å². The van der Waals surface area contributed by atoms with Crippen LogP contribution in [-0.4, -0.2) is 14.9 Å². The number of nitrogens with one attached hydrogen (secondary N) is 1. The van der Waals surface area contributed by atoms with Crippen molar-refractivity contribution < 1.29 is 4.92 Å². The molecule has 0 saturated heterocycles. The zero-order valence-electron chi connectivity index (χ0n) is 9.79. The summed E-state index contributed by atoms with van der Waals surface area (Å²) in [4.78, 5) is 19.7. The van der Waals surface area contributed by atoms with Gasteiger partial charge >= 0.3 is 0 Å². The predicted octanol–water partition coefficient (Wildman–Crippen LogP) is 2.62. The van der Waals surface area contributed by atoms with Crippen LogP contribution in [0.3, 0.4) is 0 Å². The molecule has 6 nitrogen and oxygen atoms in total. The van der Waals surface area contributed by atoms with Gasteiger partial charge in [-0.05, 0) is 6.42 Å². The molecule has 0 aliphatic heterocycles. The molecule has 0 unspecified atom stereocenters. The summed E-state index contributed by atoms with van der Waals surface area (Å²) in [6, 6.07) is 2.78. The fraction of sp³-hybridized carbons (Fsp3) is 0.273. The predicted molar refractivity (Wildman–Crippen MR) is 69.7 cm³/mol. The molecule has 1 N–H and O–H groups in total. The molecule has 94 valence electrons. The number of hydrogen-bond donors (Lipinski definition) is 1. The Kier molecular flexibility index (Phi) is 3.83. The van der Waals surface area contributed by atoms with Gasteiger partial charge in [0.1, 0.15) is 10.8 Å². The summed E-state index contributed by atoms with van der Waals surface area (Å²) < 4.78 is 0. The zero-order valence-corrected chi connectivity index (χ0v) is 10.6. The van der Waals surface area contributed by atoms with Crippen LogP contribution in [0, 0.1) is 10.1 Å². The molecule has 2 rings (SSSR count). The Hall–Kier alpha value is -2.02. The summed E-state index contributed by atoms with van der Waals surface area (Å²) in [6.45, 7) is 2.60. The van der Waals surface area contributed by atoms with E-state index in [1.165, 1.54) is 23.2 Å². The van der Waals surface area contributed by atoms with Gasteiger partial charge in [-0.15, -0.1) is 11.3 Å². The lowest BCUT2D eigenvalue weighted by atomic mass is 10.4. The van der Waals surface area contributed by atoms with Crippen molar-refractivity contribution in [1.82, 2.24) is 9.97 Å². The van der Waals surface area contributed by atoms with Gasteiger partial charge in [0.25, 0.3) is 5.69 Å². The van der Waals surface area contributed by atoms with E-state index in [-0.39, 0.29) is 5.69 Å². The van der Waals surface area contributed by atoms with Gasteiger partial charge in [0.15, 0.2) is 0 Å². The fourth-order valence-electron chi connectivity index (χ4n) is 1.39. The average Bonchev–Trinajstić information content (AvgIpc) is 2.84. The van der Waals surface area contributed by atoms with Gasteiger partial charge in [0, 0.05) is 23.3 Å². The summed E-state index contributed by atoms with van der Waals surface area (Å²) in [5.74, 6) is 0.484. The highest BCUT2D eigenvalue weighted by Gasteiger charge is 2.07. The molecule has 0 bridgehead atoms. The van der Waals surface area contributed by atoms with Crippen LogP contribution in [0.15, 0.2) is 24.5 Å². The SMILES string of the molecule is CCc1cnc(CNc2cc([N+](=O)[O-])ccn2)s1. The Morgan fingerprint density at radius 2 is 2.33 bits per heavy atom. The number of nitrogens with zero attached hydrogens (tertiary/aromatic N) is 3. The first kappa shape index (κ1) is 12.4. The van der Waals surface area contributed by atoms with E-state index in [2.05, 4.69) is 22.2 Å². The third-order valence-electron chi connectivity index (χ3n) is 2.32. The Morgan fingerprint density at radius 3 is 3.00 bits per heavy atom. The minimum Gasteiger partial charge on any atom is -0.363 e. The molecule has 18 heavy (non-hydrogen) atoms. The largest absolute Gasteiger partial charge is 0.363 e. The van der Waals surface area contributed by atoms with Gasteiger partial charge < -0.3 is 5.32 Å². The molecule has 0 saturated carbocycles. The van der Waals surface area contributed by atoms with Crippen LogP contribution in [0.1, 0.15) is 16.8 Å². The van der Waals surface area contributed by atoms with E-state index >= 15 is 0 Å². The highest BCUT2D eigenvalue weighted by atomic mass is 32.1. The topological polar surface area (TPSA) is 81.0 Å². The molecular weight excluding hydrogens is 252 g/mol. The molecule has 0 amide bonds. The summed E-state index contributed by atoms with van der Waals surface area (Å²) in [5, 5.41) is 14.6. The third kappa shape index (κ3) is 3.01. The molecule has 2 heterocycles. The van der Waals surface area contributed by atoms with Crippen LogP contribution in [0.2, 0.25) is 0 Å². The van der Waals surface area contributed by atoms with Gasteiger partial charge in [-0.3, -0.25) is 10.1 Å². The number of thiazole rings is 1. The maximum absolute atomic E-state index is 10.6. The van der Waals surface area contributed by atoms with Crippen LogP contribution in [-0.2, 0) is 13.0 Å². The van der Waals surface area contributed by atoms with Crippen molar-refractivity contribution in [2.75, 3.05) is 5.32 Å². The number of aryl methyl sites for hydroxylation is 1. The minimum atomic E-state index is -0.439. The molecule has 0 atom stereocenters. The smallest absolute Gasteiger partial charge is 0.274 e. The first-order valence-corrected chi connectivity index (χ1v) is 6.28. The molecule has 7 heteroatoms. The molecule has 0 fully saturated rings. The quantitative estimate of drug-likeness (QED) is 0.663. The number of rotatable bonds is 5. The second-order valence-electron chi connectivity index (χ2n) is 3.58. The Morgan fingerprint density at radius 1 is 1.50 bits per heavy atom. The van der Waals surface area contributed by atoms with Crippen LogP contribution < -0.4 is 5.32 Å². The monoisotopic (exact) mass is 264 g/mol. The van der Waals surface area contributed by atoms with E-state index in [0.717, 1.165) is 11.4 Å². The molecule has 2 aromatic heterocycles. The van der Waals surface area contributed by atoms with E-state index in [1.807, 2.05) is 6.20 Å². The number of pyridine rings is 1. The van der Waals surface area contributed by atoms with Gasteiger partial charge in [0.2, 0.25) is 0 Å². The van der Waals surface area contributed by atoms with Crippen LogP contribution in [0.4, 0.5) is 11.5 Å². The minimum absolute atomic E-state index is 0.0286. The number of hydrogen-bond acceptors (Lipinski definition) is 6. The lowest BCUT2D eigenvalue weighted by Gasteiger charge is -2.02. The maximum atomic E-state index is 10.6. The lowest BCUT2D eigenvalue weighted by molar-refractivity contribution is -0.384. The molecule has 0 aliphatic carbocycles. The van der Waals surface area contributed by atoms with Crippen molar-refractivity contribution >= 4 is 22.8 Å². The normalized spacial score (nSPS) is 10.3. The van der Waals surface area contributed by atoms with Crippen LogP contribution in [0.25, 0.3) is 0 Å². The van der Waals surface area contributed by atoms with Crippen molar-refractivity contribution in [3.05, 3.63) is 44.5 Å². The standard InChI is InChI=1S/C11H12N4O2S/c1-2-9-6-14-11(18-9)7-13-10-5-8(15(16)17)3-4-12-10/h3-6H,2,7H2,1H3,(H,12,13). The zero-order chi connectivity index (χ0) is 13.0. The number of nitro groups is 1. The van der Waals surface area contributed by atoms with Gasteiger partial charge in [-0.25, -0.2) is 9.97 Å². The first-order valence-electron chi connectivity index (χ1n) is 5.47. The molecule has 0 aromatic carbocycles. The average molecular weight is 264 g/mol. The van der Waals surface area contributed by atoms with E-state index < -0.39 is 4.92 Å². The molecular formula is C11H12N4O2S. The second-order valence-corrected chi connectivity index (χ2v) is 4.78. The first-order chi connectivity index (χ1) is 8.69. The van der Waals surface area contributed by atoms with E-state index in [4.69, 9.17) is 0 Å². The number of aromatic nitrogens is 2. The fourth-order valence-corrected chi connectivity index (χ4v) is 2.19. The van der Waals surface area contributed by atoms with Crippen molar-refractivity contribution in [2.45, 2.75) is 19.9 Å². The summed E-state index contributed by atoms with van der Waals surface area (Å²) >= 11 is 1.63. The van der Waals surface area contributed by atoms with Crippen LogP contribution >= 0.6 is 11.3 Å². The maximum Gasteiger partial charge on any atom is 0.274 e. The van der Waals surface area contributed by atoms with E-state index in [1.54, 1.807) is 11.3 Å². The van der Waals surface area contributed by atoms with Crippen molar-refractivity contribution in [3.8, 4) is 0 Å². The van der Waals surface area contributed by atoms with Crippen molar-refractivity contribution in [3.63, 3.8) is 0 Å². The summed E-state index contributed by atoms with van der Waals surface area (Å²) in [7, 11) is 0. The Balaban J connectivity index is 2.01. The Bertz CT molecular complexity index is 555. The highest BCUT2D eigenvalue weighted by molar-refractivity contribution is 7.11. The van der Waals surface area contributed by atoms with Gasteiger partial charge in [0.05, 0.1) is 17.5 Å². The molecule has 0 spiro atoms. The van der Waals surface area contributed by atoms with Gasteiger partial charge in [-0.2, -0.15) is 0 Å². The third-order valence-corrected chi connectivity index (χ3v) is 3.47. The Labute approximate surface area is 108 Å². The lowest BCUT2D eigenvalue weighted by Crippen LogP contribution is -2.01. The molecule has 0 radical (unpaired) electrons. The second kappa shape index (κ2) is 5.54. The van der Waals surface area contributed by atoms with Crippen molar-refractivity contribution in [1.29, 1.82) is 0 Å². The molecule has 0 aliphatic rings. The van der Waals surface area contributed by atoms with Crippen LogP contribution in [0.5, 0.6) is 0 Å². The summed E-state index contributed by atoms with van der Waals surface area (Å²) in [6.07, 6.45) is 4.23. The number of anilines is 1. The summed E-state index contributed by atoms with van der Waals surface area (Å²) in [5.41, 5.74) is 0.0286. The molecule has 2 aromatic rings. The highest BCUT2D eigenvalue weighted by Crippen LogP contribution is 2.17. The van der Waals surface area contributed by atoms with Crippen molar-refractivity contribution in [2.24, 2.45) is 0 Å². The van der Waals surface area contributed by atoms with E-state index in [9.17, 15) is 10.1 Å².